The molecule has 0 aliphatic carbocycles. The van der Waals surface area contributed by atoms with E-state index in [9.17, 15) is 15.2 Å². The fourth-order valence-corrected chi connectivity index (χ4v) is 2.55. The highest BCUT2D eigenvalue weighted by Gasteiger charge is 2.15. The van der Waals surface area contributed by atoms with E-state index in [-0.39, 0.29) is 18.1 Å². The molecule has 2 heterocycles. The number of aromatic nitrogens is 2. The number of hydrogen-bond donors (Lipinski definition) is 1. The molecule has 0 spiro atoms. The van der Waals surface area contributed by atoms with E-state index in [0.29, 0.717) is 27.8 Å². The van der Waals surface area contributed by atoms with Crippen molar-refractivity contribution in [2.45, 2.75) is 6.92 Å². The van der Waals surface area contributed by atoms with Crippen LogP contribution in [0.5, 0.6) is 11.5 Å². The highest BCUT2D eigenvalue weighted by Crippen LogP contribution is 2.34. The molecule has 0 aliphatic heterocycles. The van der Waals surface area contributed by atoms with Crippen LogP contribution in [0.3, 0.4) is 0 Å². The number of fused-ring (bicyclic) bond motifs is 1. The summed E-state index contributed by atoms with van der Waals surface area (Å²) in [5, 5.41) is 20.0. The van der Waals surface area contributed by atoms with Crippen molar-refractivity contribution in [2.75, 3.05) is 13.7 Å². The molecular weight excluding hydrogens is 322 g/mol. The zero-order chi connectivity index (χ0) is 18.0. The fraction of sp³-hybridized carbons (Fsp3) is 0.167. The zero-order valence-corrected chi connectivity index (χ0v) is 13.7. The molecule has 0 atom stereocenters. The van der Waals surface area contributed by atoms with Gasteiger partial charge in [-0.2, -0.15) is 5.26 Å². The summed E-state index contributed by atoms with van der Waals surface area (Å²) in [4.78, 5) is 16.0. The summed E-state index contributed by atoms with van der Waals surface area (Å²) >= 11 is 0. The minimum Gasteiger partial charge on any atom is -0.504 e. The van der Waals surface area contributed by atoms with Gasteiger partial charge in [0.2, 0.25) is 0 Å². The number of nitrogens with zero attached hydrogens (tertiary/aromatic N) is 3. The number of benzene rings is 1. The zero-order valence-electron chi connectivity index (χ0n) is 13.7. The van der Waals surface area contributed by atoms with E-state index < -0.39 is 5.97 Å². The Morgan fingerprint density at radius 3 is 2.80 bits per heavy atom. The number of carbonyl (C=O) groups excluding carboxylic acids is 1. The highest BCUT2D eigenvalue weighted by molar-refractivity contribution is 5.91. The highest BCUT2D eigenvalue weighted by atomic mass is 16.5. The summed E-state index contributed by atoms with van der Waals surface area (Å²) in [6.45, 7) is 2.02. The van der Waals surface area contributed by atoms with E-state index in [4.69, 9.17) is 9.47 Å². The van der Waals surface area contributed by atoms with Crippen LogP contribution in [0.4, 0.5) is 0 Å². The van der Waals surface area contributed by atoms with Crippen LogP contribution < -0.4 is 4.74 Å². The molecule has 0 unspecified atom stereocenters. The number of phenolic OH excluding ortho intramolecular Hbond substituents is 1. The first kappa shape index (κ1) is 16.3. The van der Waals surface area contributed by atoms with E-state index in [1.54, 1.807) is 35.9 Å². The van der Waals surface area contributed by atoms with Gasteiger partial charge in [0.1, 0.15) is 11.9 Å². The van der Waals surface area contributed by atoms with Gasteiger partial charge in [-0.15, -0.1) is 0 Å². The normalized spacial score (nSPS) is 10.4. The van der Waals surface area contributed by atoms with Crippen molar-refractivity contribution >= 4 is 16.9 Å². The SMILES string of the molecule is CCOC(=O)c1ccc(-n2cc(C#N)c3cc(OC)c(O)cc32)nc1. The van der Waals surface area contributed by atoms with Crippen molar-refractivity contribution in [1.29, 1.82) is 5.26 Å². The Hall–Kier alpha value is -3.53. The smallest absolute Gasteiger partial charge is 0.339 e. The summed E-state index contributed by atoms with van der Waals surface area (Å²) < 4.78 is 11.7. The van der Waals surface area contributed by atoms with Crippen LogP contribution in [0.1, 0.15) is 22.8 Å². The molecule has 0 fully saturated rings. The maximum atomic E-state index is 11.7. The van der Waals surface area contributed by atoms with Crippen LogP contribution in [0.15, 0.2) is 36.7 Å². The Kier molecular flexibility index (Phi) is 4.27. The Morgan fingerprint density at radius 1 is 1.40 bits per heavy atom. The molecule has 126 valence electrons. The molecule has 0 saturated heterocycles. The third-order valence-electron chi connectivity index (χ3n) is 3.73. The molecule has 2 aromatic heterocycles. The van der Waals surface area contributed by atoms with E-state index in [1.165, 1.54) is 19.4 Å². The number of phenols is 1. The third kappa shape index (κ3) is 2.85. The molecule has 0 radical (unpaired) electrons. The topological polar surface area (TPSA) is 97.4 Å². The Labute approximate surface area is 143 Å². The second-order valence-corrected chi connectivity index (χ2v) is 5.19. The summed E-state index contributed by atoms with van der Waals surface area (Å²) in [6.07, 6.45) is 3.03. The van der Waals surface area contributed by atoms with Gasteiger partial charge in [-0.3, -0.25) is 4.57 Å². The van der Waals surface area contributed by atoms with Crippen molar-refractivity contribution in [1.82, 2.24) is 9.55 Å². The van der Waals surface area contributed by atoms with Crippen LogP contribution in [-0.4, -0.2) is 34.3 Å². The minimum absolute atomic E-state index is 0.0398. The quantitative estimate of drug-likeness (QED) is 0.735. The predicted octanol–water partition coefficient (Wildman–Crippen LogP) is 2.79. The first-order valence-electron chi connectivity index (χ1n) is 7.54. The third-order valence-corrected chi connectivity index (χ3v) is 3.73. The largest absolute Gasteiger partial charge is 0.504 e. The molecule has 3 rings (SSSR count). The van der Waals surface area contributed by atoms with Crippen LogP contribution in [-0.2, 0) is 4.74 Å². The van der Waals surface area contributed by atoms with Crippen LogP contribution in [0.25, 0.3) is 16.7 Å². The van der Waals surface area contributed by atoms with Crippen molar-refractivity contribution in [2.24, 2.45) is 0 Å². The average molecular weight is 337 g/mol. The molecule has 7 heteroatoms. The van der Waals surface area contributed by atoms with E-state index in [0.717, 1.165) is 0 Å². The van der Waals surface area contributed by atoms with Gasteiger partial charge in [-0.25, -0.2) is 9.78 Å². The van der Waals surface area contributed by atoms with Crippen LogP contribution in [0.2, 0.25) is 0 Å². The summed E-state index contributed by atoms with van der Waals surface area (Å²) in [6, 6.07) is 8.48. The molecule has 0 saturated carbocycles. The lowest BCUT2D eigenvalue weighted by Crippen LogP contribution is -2.06. The fourth-order valence-electron chi connectivity index (χ4n) is 2.55. The number of hydrogen-bond acceptors (Lipinski definition) is 6. The lowest BCUT2D eigenvalue weighted by atomic mass is 10.1. The molecule has 1 N–H and O–H groups in total. The van der Waals surface area contributed by atoms with Gasteiger partial charge in [-0.05, 0) is 25.1 Å². The van der Waals surface area contributed by atoms with Crippen molar-refractivity contribution < 1.29 is 19.4 Å². The molecular formula is C18H15N3O4. The van der Waals surface area contributed by atoms with E-state index in [2.05, 4.69) is 11.1 Å². The number of aromatic hydroxyl groups is 1. The standard InChI is InChI=1S/C18H15N3O4/c1-3-25-18(23)11-4-5-17(20-9-11)21-10-12(8-19)13-6-16(24-2)15(22)7-14(13)21/h4-7,9-10,22H,3H2,1-2H3. The number of nitriles is 1. The van der Waals surface area contributed by atoms with Gasteiger partial charge in [0, 0.05) is 23.8 Å². The molecule has 1 aromatic carbocycles. The number of carbonyl (C=O) groups is 1. The van der Waals surface area contributed by atoms with Gasteiger partial charge in [0.25, 0.3) is 0 Å². The Balaban J connectivity index is 2.11. The summed E-state index contributed by atoms with van der Waals surface area (Å²) in [5.41, 5.74) is 1.36. The van der Waals surface area contributed by atoms with E-state index >= 15 is 0 Å². The number of pyridine rings is 1. The van der Waals surface area contributed by atoms with Crippen molar-refractivity contribution in [3.8, 4) is 23.4 Å². The van der Waals surface area contributed by atoms with Gasteiger partial charge in [0.05, 0.1) is 30.4 Å². The van der Waals surface area contributed by atoms with Gasteiger partial charge in [-0.1, -0.05) is 0 Å². The molecule has 0 amide bonds. The first-order chi connectivity index (χ1) is 12.1. The molecule has 3 aromatic rings. The lowest BCUT2D eigenvalue weighted by molar-refractivity contribution is 0.0526. The molecule has 7 nitrogen and oxygen atoms in total. The maximum Gasteiger partial charge on any atom is 0.339 e. The molecule has 25 heavy (non-hydrogen) atoms. The maximum absolute atomic E-state index is 11.7. The van der Waals surface area contributed by atoms with E-state index in [1.807, 2.05) is 0 Å². The number of rotatable bonds is 4. The average Bonchev–Trinajstić information content (AvgIpc) is 2.98. The monoisotopic (exact) mass is 337 g/mol. The molecule has 0 bridgehead atoms. The first-order valence-corrected chi connectivity index (χ1v) is 7.54. The Morgan fingerprint density at radius 2 is 2.20 bits per heavy atom. The van der Waals surface area contributed by atoms with Gasteiger partial charge < -0.3 is 14.6 Å². The second kappa shape index (κ2) is 6.53. The van der Waals surface area contributed by atoms with Crippen molar-refractivity contribution in [3.63, 3.8) is 0 Å². The van der Waals surface area contributed by atoms with Crippen LogP contribution in [0, 0.1) is 11.3 Å². The number of methoxy groups -OCH3 is 1. The summed E-state index contributed by atoms with van der Waals surface area (Å²) in [5.74, 6) is 0.303. The van der Waals surface area contributed by atoms with Gasteiger partial charge >= 0.3 is 5.97 Å². The predicted molar refractivity (Wildman–Crippen MR) is 90.0 cm³/mol. The van der Waals surface area contributed by atoms with Crippen LogP contribution >= 0.6 is 0 Å². The number of ether oxygens (including phenoxy) is 2. The minimum atomic E-state index is -0.445. The lowest BCUT2D eigenvalue weighted by Gasteiger charge is -2.08. The Bertz CT molecular complexity index is 984. The molecule has 0 aliphatic rings. The second-order valence-electron chi connectivity index (χ2n) is 5.19. The van der Waals surface area contributed by atoms with Crippen molar-refractivity contribution in [3.05, 3.63) is 47.8 Å². The summed E-state index contributed by atoms with van der Waals surface area (Å²) in [7, 11) is 1.44. The number of esters is 1. The van der Waals surface area contributed by atoms with Gasteiger partial charge in [0.15, 0.2) is 11.5 Å².